The summed E-state index contributed by atoms with van der Waals surface area (Å²) in [6.45, 7) is 13.8. The smallest absolute Gasteiger partial charge is 0.221 e. The van der Waals surface area contributed by atoms with E-state index in [0.29, 0.717) is 18.5 Å². The van der Waals surface area contributed by atoms with Crippen LogP contribution < -0.4 is 10.6 Å². The number of hydrogen-bond donors (Lipinski definition) is 2. The monoisotopic (exact) mass is 269 g/mol. The molecule has 0 unspecified atom stereocenters. The van der Waals surface area contributed by atoms with E-state index in [1.54, 1.807) is 0 Å². The highest BCUT2D eigenvalue weighted by Crippen LogP contribution is 2.12. The van der Waals surface area contributed by atoms with Crippen LogP contribution in [0, 0.1) is 0 Å². The molecular formula is C15H31N3O. The Kier molecular flexibility index (Phi) is 6.27. The number of carbonyl (C=O) groups is 1. The van der Waals surface area contributed by atoms with Crippen molar-refractivity contribution in [1.82, 2.24) is 15.5 Å². The van der Waals surface area contributed by atoms with Crippen molar-refractivity contribution >= 4 is 5.91 Å². The molecule has 1 rings (SSSR count). The van der Waals surface area contributed by atoms with Gasteiger partial charge in [-0.25, -0.2) is 0 Å². The molecule has 1 amide bonds. The zero-order valence-electron chi connectivity index (χ0n) is 13.3. The summed E-state index contributed by atoms with van der Waals surface area (Å²) in [4.78, 5) is 14.3. The number of piperidine rings is 1. The van der Waals surface area contributed by atoms with E-state index in [1.807, 2.05) is 0 Å². The maximum absolute atomic E-state index is 11.8. The molecule has 1 heterocycles. The van der Waals surface area contributed by atoms with Crippen molar-refractivity contribution in [2.24, 2.45) is 0 Å². The van der Waals surface area contributed by atoms with Crippen LogP contribution in [0.25, 0.3) is 0 Å². The Labute approximate surface area is 118 Å². The van der Waals surface area contributed by atoms with Gasteiger partial charge in [-0.3, -0.25) is 4.79 Å². The second kappa shape index (κ2) is 7.25. The predicted octanol–water partition coefficient (Wildman–Crippen LogP) is 1.75. The highest BCUT2D eigenvalue weighted by atomic mass is 16.1. The first kappa shape index (κ1) is 16.4. The molecule has 0 radical (unpaired) electrons. The molecule has 0 aromatic carbocycles. The zero-order chi connectivity index (χ0) is 14.5. The van der Waals surface area contributed by atoms with E-state index in [-0.39, 0.29) is 11.4 Å². The molecule has 0 aromatic rings. The highest BCUT2D eigenvalue weighted by Gasteiger charge is 2.21. The van der Waals surface area contributed by atoms with E-state index in [2.05, 4.69) is 50.2 Å². The normalized spacial score (nSPS) is 18.8. The van der Waals surface area contributed by atoms with E-state index < -0.39 is 0 Å². The molecule has 0 spiro atoms. The molecule has 1 aliphatic heterocycles. The highest BCUT2D eigenvalue weighted by molar-refractivity contribution is 5.76. The fraction of sp³-hybridized carbons (Fsp3) is 0.933. The van der Waals surface area contributed by atoms with Crippen LogP contribution in [0.3, 0.4) is 0 Å². The summed E-state index contributed by atoms with van der Waals surface area (Å²) in [7, 11) is 0. The number of hydrogen-bond acceptors (Lipinski definition) is 3. The number of carbonyl (C=O) groups excluding carboxylic acids is 1. The first-order valence-corrected chi connectivity index (χ1v) is 7.56. The summed E-state index contributed by atoms with van der Waals surface area (Å²) in [5.41, 5.74) is 0.0862. The van der Waals surface area contributed by atoms with E-state index in [9.17, 15) is 4.79 Å². The lowest BCUT2D eigenvalue weighted by Crippen LogP contribution is -2.47. The van der Waals surface area contributed by atoms with E-state index in [4.69, 9.17) is 0 Å². The zero-order valence-corrected chi connectivity index (χ0v) is 13.3. The van der Waals surface area contributed by atoms with E-state index >= 15 is 0 Å². The van der Waals surface area contributed by atoms with Crippen molar-refractivity contribution in [3.8, 4) is 0 Å². The third kappa shape index (κ3) is 6.92. The van der Waals surface area contributed by atoms with Crippen molar-refractivity contribution in [2.75, 3.05) is 19.6 Å². The Morgan fingerprint density at radius 2 is 1.84 bits per heavy atom. The molecule has 1 aliphatic rings. The van der Waals surface area contributed by atoms with Gasteiger partial charge < -0.3 is 15.5 Å². The Morgan fingerprint density at radius 3 is 2.32 bits per heavy atom. The van der Waals surface area contributed by atoms with Gasteiger partial charge in [0, 0.05) is 43.7 Å². The predicted molar refractivity (Wildman–Crippen MR) is 80.2 cm³/mol. The van der Waals surface area contributed by atoms with Gasteiger partial charge in [0.2, 0.25) is 5.91 Å². The van der Waals surface area contributed by atoms with Gasteiger partial charge in [-0.2, -0.15) is 0 Å². The van der Waals surface area contributed by atoms with Crippen LogP contribution in [-0.2, 0) is 4.79 Å². The summed E-state index contributed by atoms with van der Waals surface area (Å²) in [5.74, 6) is 0.180. The minimum absolute atomic E-state index is 0.0862. The Hall–Kier alpha value is -0.610. The molecule has 0 aromatic heterocycles. The van der Waals surface area contributed by atoms with Crippen molar-refractivity contribution in [3.05, 3.63) is 0 Å². The fourth-order valence-corrected chi connectivity index (χ4v) is 2.41. The third-order valence-corrected chi connectivity index (χ3v) is 3.63. The molecule has 2 N–H and O–H groups in total. The summed E-state index contributed by atoms with van der Waals surface area (Å²) in [6.07, 6.45) is 2.73. The lowest BCUT2D eigenvalue weighted by Gasteiger charge is -2.34. The van der Waals surface area contributed by atoms with E-state index in [1.165, 1.54) is 0 Å². The van der Waals surface area contributed by atoms with Gasteiger partial charge in [0.1, 0.15) is 0 Å². The standard InChI is InChI=1S/C15H31N3O/c1-12(2)18-10-7-13(8-11-18)17-14(19)6-9-16-15(3,4)5/h12-13,16H,6-11H2,1-5H3,(H,17,19). The van der Waals surface area contributed by atoms with Gasteiger partial charge in [0.25, 0.3) is 0 Å². The maximum atomic E-state index is 11.8. The largest absolute Gasteiger partial charge is 0.353 e. The lowest BCUT2D eigenvalue weighted by atomic mass is 10.0. The molecule has 19 heavy (non-hydrogen) atoms. The number of nitrogens with one attached hydrogen (secondary N) is 2. The molecule has 1 fully saturated rings. The molecule has 0 bridgehead atoms. The minimum atomic E-state index is 0.0862. The Balaban J connectivity index is 2.17. The first-order valence-electron chi connectivity index (χ1n) is 7.56. The lowest BCUT2D eigenvalue weighted by molar-refractivity contribution is -0.122. The van der Waals surface area contributed by atoms with Crippen molar-refractivity contribution in [3.63, 3.8) is 0 Å². The number of nitrogens with zero attached hydrogens (tertiary/aromatic N) is 1. The second-order valence-electron chi connectivity index (χ2n) is 6.90. The fourth-order valence-electron chi connectivity index (χ4n) is 2.41. The average Bonchev–Trinajstić information content (AvgIpc) is 2.27. The van der Waals surface area contributed by atoms with Crippen LogP contribution in [0.4, 0.5) is 0 Å². The number of rotatable bonds is 5. The molecule has 4 heteroatoms. The molecule has 0 atom stereocenters. The van der Waals surface area contributed by atoms with Crippen LogP contribution in [0.2, 0.25) is 0 Å². The van der Waals surface area contributed by atoms with Crippen molar-refractivity contribution < 1.29 is 4.79 Å². The Bertz CT molecular complexity index is 276. The van der Waals surface area contributed by atoms with Crippen molar-refractivity contribution in [2.45, 2.75) is 71.5 Å². The van der Waals surface area contributed by atoms with E-state index in [0.717, 1.165) is 32.5 Å². The van der Waals surface area contributed by atoms with Gasteiger partial charge in [0.05, 0.1) is 0 Å². The molecule has 0 saturated carbocycles. The summed E-state index contributed by atoms with van der Waals surface area (Å²) < 4.78 is 0. The molecular weight excluding hydrogens is 238 g/mol. The van der Waals surface area contributed by atoms with Crippen LogP contribution in [0.1, 0.15) is 53.9 Å². The third-order valence-electron chi connectivity index (χ3n) is 3.63. The molecule has 112 valence electrons. The van der Waals surface area contributed by atoms with Crippen LogP contribution >= 0.6 is 0 Å². The maximum Gasteiger partial charge on any atom is 0.221 e. The molecule has 0 aliphatic carbocycles. The number of likely N-dealkylation sites (tertiary alicyclic amines) is 1. The summed E-state index contributed by atoms with van der Waals surface area (Å²) >= 11 is 0. The summed E-state index contributed by atoms with van der Waals surface area (Å²) in [5, 5.41) is 6.50. The average molecular weight is 269 g/mol. The topological polar surface area (TPSA) is 44.4 Å². The Morgan fingerprint density at radius 1 is 1.26 bits per heavy atom. The minimum Gasteiger partial charge on any atom is -0.353 e. The first-order chi connectivity index (χ1) is 8.78. The van der Waals surface area contributed by atoms with Crippen LogP contribution in [-0.4, -0.2) is 48.1 Å². The van der Waals surface area contributed by atoms with Gasteiger partial charge in [0.15, 0.2) is 0 Å². The quantitative estimate of drug-likeness (QED) is 0.799. The second-order valence-corrected chi connectivity index (χ2v) is 6.90. The van der Waals surface area contributed by atoms with Crippen molar-refractivity contribution in [1.29, 1.82) is 0 Å². The van der Waals surface area contributed by atoms with Gasteiger partial charge in [-0.05, 0) is 47.5 Å². The van der Waals surface area contributed by atoms with Gasteiger partial charge in [-0.1, -0.05) is 0 Å². The van der Waals surface area contributed by atoms with Gasteiger partial charge >= 0.3 is 0 Å². The molecule has 4 nitrogen and oxygen atoms in total. The van der Waals surface area contributed by atoms with Crippen LogP contribution in [0.5, 0.6) is 0 Å². The summed E-state index contributed by atoms with van der Waals surface area (Å²) in [6, 6.07) is 0.991. The van der Waals surface area contributed by atoms with Gasteiger partial charge in [-0.15, -0.1) is 0 Å². The molecule has 1 saturated heterocycles. The van der Waals surface area contributed by atoms with Crippen LogP contribution in [0.15, 0.2) is 0 Å². The SMILES string of the molecule is CC(C)N1CCC(NC(=O)CCNC(C)(C)C)CC1. The number of amides is 1.